The van der Waals surface area contributed by atoms with E-state index in [1.165, 1.54) is 12.1 Å². The number of rotatable bonds is 3. The van der Waals surface area contributed by atoms with Crippen LogP contribution in [0.15, 0.2) is 36.4 Å². The molecule has 0 amide bonds. The van der Waals surface area contributed by atoms with Gasteiger partial charge in [-0.3, -0.25) is 0 Å². The van der Waals surface area contributed by atoms with Crippen LogP contribution in [0.25, 0.3) is 0 Å². The van der Waals surface area contributed by atoms with Gasteiger partial charge in [-0.2, -0.15) is 0 Å². The van der Waals surface area contributed by atoms with E-state index in [1.807, 2.05) is 0 Å². The summed E-state index contributed by atoms with van der Waals surface area (Å²) in [6.45, 7) is -0.272. The summed E-state index contributed by atoms with van der Waals surface area (Å²) < 4.78 is 43.6. The normalized spacial score (nSPS) is 10.3. The summed E-state index contributed by atoms with van der Waals surface area (Å²) in [5.41, 5.74) is 5.75. The Morgan fingerprint density at radius 3 is 2.50 bits per heavy atom. The molecule has 6 heteroatoms. The van der Waals surface area contributed by atoms with Crippen molar-refractivity contribution in [1.82, 2.24) is 0 Å². The van der Waals surface area contributed by atoms with Gasteiger partial charge in [0.2, 0.25) is 0 Å². The van der Waals surface area contributed by atoms with E-state index in [-0.39, 0.29) is 23.4 Å². The molecule has 0 heterocycles. The van der Waals surface area contributed by atoms with Gasteiger partial charge in [0.15, 0.2) is 11.6 Å². The Balaban J connectivity index is 2.08. The highest BCUT2D eigenvalue weighted by molar-refractivity contribution is 5.95. The highest BCUT2D eigenvalue weighted by Gasteiger charge is 2.13. The minimum absolute atomic E-state index is 0.0710. The average molecular weight is 281 g/mol. The molecule has 0 aromatic heterocycles. The standard InChI is InChI=1S/C14H10F3NO2/c15-9-2-4-13(18)10(6-9)14(19)20-7-8-1-3-11(16)12(17)5-8/h1-6H,7,18H2. The molecule has 20 heavy (non-hydrogen) atoms. The third kappa shape index (κ3) is 3.09. The zero-order chi connectivity index (χ0) is 14.7. The first-order chi connectivity index (χ1) is 9.47. The predicted molar refractivity (Wildman–Crippen MR) is 66.3 cm³/mol. The molecule has 2 rings (SSSR count). The fourth-order valence-electron chi connectivity index (χ4n) is 1.56. The second kappa shape index (κ2) is 5.64. The molecule has 0 saturated heterocycles. The molecule has 3 nitrogen and oxygen atoms in total. The third-order valence-electron chi connectivity index (χ3n) is 2.59. The molecule has 0 unspecified atom stereocenters. The van der Waals surface area contributed by atoms with Gasteiger partial charge in [-0.15, -0.1) is 0 Å². The van der Waals surface area contributed by atoms with Gasteiger partial charge in [-0.05, 0) is 35.9 Å². The molecular weight excluding hydrogens is 271 g/mol. The Morgan fingerprint density at radius 1 is 1.05 bits per heavy atom. The van der Waals surface area contributed by atoms with E-state index in [1.54, 1.807) is 0 Å². The van der Waals surface area contributed by atoms with Crippen molar-refractivity contribution in [3.8, 4) is 0 Å². The number of ether oxygens (including phenoxy) is 1. The van der Waals surface area contributed by atoms with E-state index < -0.39 is 23.4 Å². The lowest BCUT2D eigenvalue weighted by molar-refractivity contribution is 0.0473. The molecule has 0 spiro atoms. The molecular formula is C14H10F3NO2. The molecule has 0 radical (unpaired) electrons. The lowest BCUT2D eigenvalue weighted by atomic mass is 10.2. The number of hydrogen-bond acceptors (Lipinski definition) is 3. The quantitative estimate of drug-likeness (QED) is 0.695. The van der Waals surface area contributed by atoms with Crippen LogP contribution in [0.2, 0.25) is 0 Å². The van der Waals surface area contributed by atoms with Crippen molar-refractivity contribution in [3.05, 3.63) is 65.0 Å². The number of halogens is 3. The van der Waals surface area contributed by atoms with Crippen molar-refractivity contribution in [2.45, 2.75) is 6.61 Å². The van der Waals surface area contributed by atoms with Crippen LogP contribution in [0, 0.1) is 17.5 Å². The van der Waals surface area contributed by atoms with Crippen LogP contribution in [0.5, 0.6) is 0 Å². The van der Waals surface area contributed by atoms with Gasteiger partial charge >= 0.3 is 5.97 Å². The Labute approximate surface area is 112 Å². The van der Waals surface area contributed by atoms with Crippen LogP contribution in [-0.4, -0.2) is 5.97 Å². The van der Waals surface area contributed by atoms with Crippen molar-refractivity contribution in [1.29, 1.82) is 0 Å². The molecule has 0 aliphatic carbocycles. The summed E-state index contributed by atoms with van der Waals surface area (Å²) in [6, 6.07) is 6.42. The molecule has 0 bridgehead atoms. The van der Waals surface area contributed by atoms with Gasteiger partial charge < -0.3 is 10.5 Å². The first kappa shape index (κ1) is 13.9. The minimum atomic E-state index is -1.04. The summed E-state index contributed by atoms with van der Waals surface area (Å²) in [4.78, 5) is 11.7. The van der Waals surface area contributed by atoms with Gasteiger partial charge in [0.05, 0.1) is 5.56 Å². The topological polar surface area (TPSA) is 52.3 Å². The minimum Gasteiger partial charge on any atom is -0.457 e. The Kier molecular flexibility index (Phi) is 3.93. The largest absolute Gasteiger partial charge is 0.457 e. The van der Waals surface area contributed by atoms with Gasteiger partial charge in [-0.1, -0.05) is 6.07 Å². The second-order valence-corrected chi connectivity index (χ2v) is 4.06. The van der Waals surface area contributed by atoms with E-state index >= 15 is 0 Å². The van der Waals surface area contributed by atoms with Crippen molar-refractivity contribution >= 4 is 11.7 Å². The second-order valence-electron chi connectivity index (χ2n) is 4.06. The molecule has 0 aliphatic heterocycles. The molecule has 2 N–H and O–H groups in total. The molecule has 0 saturated carbocycles. The number of nitrogen functional groups attached to an aromatic ring is 1. The number of benzene rings is 2. The maximum Gasteiger partial charge on any atom is 0.340 e. The van der Waals surface area contributed by atoms with Crippen molar-refractivity contribution in [3.63, 3.8) is 0 Å². The van der Waals surface area contributed by atoms with Crippen LogP contribution in [0.3, 0.4) is 0 Å². The average Bonchev–Trinajstić information content (AvgIpc) is 2.42. The number of carbonyl (C=O) groups is 1. The van der Waals surface area contributed by atoms with Crippen LogP contribution in [-0.2, 0) is 11.3 Å². The third-order valence-corrected chi connectivity index (χ3v) is 2.59. The first-order valence-electron chi connectivity index (χ1n) is 5.63. The van der Waals surface area contributed by atoms with E-state index in [9.17, 15) is 18.0 Å². The summed E-state index contributed by atoms with van der Waals surface area (Å²) >= 11 is 0. The predicted octanol–water partition coefficient (Wildman–Crippen LogP) is 3.04. The summed E-state index contributed by atoms with van der Waals surface area (Å²) in [5, 5.41) is 0. The number of nitrogens with two attached hydrogens (primary N) is 1. The smallest absolute Gasteiger partial charge is 0.340 e. The summed E-state index contributed by atoms with van der Waals surface area (Å²) in [6.07, 6.45) is 0. The Hall–Kier alpha value is -2.50. The van der Waals surface area contributed by atoms with E-state index in [2.05, 4.69) is 0 Å². The van der Waals surface area contributed by atoms with E-state index in [0.717, 1.165) is 24.3 Å². The van der Waals surface area contributed by atoms with E-state index in [4.69, 9.17) is 10.5 Å². The lowest BCUT2D eigenvalue weighted by Crippen LogP contribution is -2.09. The monoisotopic (exact) mass is 281 g/mol. The maximum atomic E-state index is 13.0. The Bertz CT molecular complexity index is 659. The fraction of sp³-hybridized carbons (Fsp3) is 0.0714. The highest BCUT2D eigenvalue weighted by Crippen LogP contribution is 2.16. The van der Waals surface area contributed by atoms with Gasteiger partial charge in [-0.25, -0.2) is 18.0 Å². The number of carbonyl (C=O) groups excluding carboxylic acids is 1. The van der Waals surface area contributed by atoms with E-state index in [0.29, 0.717) is 0 Å². The zero-order valence-electron chi connectivity index (χ0n) is 10.2. The number of anilines is 1. The van der Waals surface area contributed by atoms with Crippen LogP contribution in [0.4, 0.5) is 18.9 Å². The lowest BCUT2D eigenvalue weighted by Gasteiger charge is -2.07. The summed E-state index contributed by atoms with van der Waals surface area (Å²) in [7, 11) is 0. The summed E-state index contributed by atoms with van der Waals surface area (Å²) in [5.74, 6) is -3.50. The fourth-order valence-corrected chi connectivity index (χ4v) is 1.56. The first-order valence-corrected chi connectivity index (χ1v) is 5.63. The maximum absolute atomic E-state index is 13.0. The van der Waals surface area contributed by atoms with Crippen molar-refractivity contribution < 1.29 is 22.7 Å². The number of esters is 1. The SMILES string of the molecule is Nc1ccc(F)cc1C(=O)OCc1ccc(F)c(F)c1. The van der Waals surface area contributed by atoms with Gasteiger partial charge in [0, 0.05) is 5.69 Å². The van der Waals surface area contributed by atoms with Crippen LogP contribution in [0.1, 0.15) is 15.9 Å². The molecule has 0 aliphatic rings. The van der Waals surface area contributed by atoms with Crippen molar-refractivity contribution in [2.75, 3.05) is 5.73 Å². The number of hydrogen-bond donors (Lipinski definition) is 1. The van der Waals surface area contributed by atoms with Crippen molar-refractivity contribution in [2.24, 2.45) is 0 Å². The molecule has 0 atom stereocenters. The molecule has 0 fully saturated rings. The van der Waals surface area contributed by atoms with Gasteiger partial charge in [0.1, 0.15) is 12.4 Å². The highest BCUT2D eigenvalue weighted by atomic mass is 19.2. The van der Waals surface area contributed by atoms with Crippen LogP contribution >= 0.6 is 0 Å². The molecule has 2 aromatic carbocycles. The molecule has 2 aromatic rings. The Morgan fingerprint density at radius 2 is 1.80 bits per heavy atom. The zero-order valence-corrected chi connectivity index (χ0v) is 10.2. The molecule has 104 valence electrons. The van der Waals surface area contributed by atoms with Crippen LogP contribution < -0.4 is 5.73 Å². The van der Waals surface area contributed by atoms with Gasteiger partial charge in [0.25, 0.3) is 0 Å².